The first-order valence-electron chi connectivity index (χ1n) is 6.55. The lowest BCUT2D eigenvalue weighted by Crippen LogP contribution is -2.22. The van der Waals surface area contributed by atoms with Crippen LogP contribution in [0.4, 0.5) is 5.69 Å². The molecular formula is C16H15BrN2O2. The highest BCUT2D eigenvalue weighted by Crippen LogP contribution is 2.14. The zero-order valence-corrected chi connectivity index (χ0v) is 13.1. The highest BCUT2D eigenvalue weighted by atomic mass is 79.9. The van der Waals surface area contributed by atoms with Gasteiger partial charge in [0.15, 0.2) is 0 Å². The van der Waals surface area contributed by atoms with Crippen LogP contribution in [-0.2, 0) is 0 Å². The van der Waals surface area contributed by atoms with Crippen LogP contribution in [-0.4, -0.2) is 18.4 Å². The molecule has 0 aliphatic heterocycles. The van der Waals surface area contributed by atoms with Crippen LogP contribution in [0.15, 0.2) is 53.0 Å². The molecule has 0 atom stereocenters. The van der Waals surface area contributed by atoms with E-state index in [1.165, 1.54) is 0 Å². The average Bonchev–Trinajstić information content (AvgIpc) is 2.48. The van der Waals surface area contributed by atoms with E-state index in [1.54, 1.807) is 48.5 Å². The summed E-state index contributed by atoms with van der Waals surface area (Å²) in [4.78, 5) is 23.9. The summed E-state index contributed by atoms with van der Waals surface area (Å²) in [6, 6.07) is 13.9. The Hall–Kier alpha value is -2.14. The van der Waals surface area contributed by atoms with Crippen LogP contribution in [0.1, 0.15) is 27.6 Å². The SMILES string of the molecule is CCNC(=O)c1cccc(NC(=O)c2ccc(Br)cc2)c1. The minimum Gasteiger partial charge on any atom is -0.352 e. The molecule has 4 nitrogen and oxygen atoms in total. The highest BCUT2D eigenvalue weighted by molar-refractivity contribution is 9.10. The number of carbonyl (C=O) groups is 2. The van der Waals surface area contributed by atoms with Crippen LogP contribution < -0.4 is 10.6 Å². The third-order valence-corrected chi connectivity index (χ3v) is 3.36. The predicted molar refractivity (Wildman–Crippen MR) is 86.5 cm³/mol. The summed E-state index contributed by atoms with van der Waals surface area (Å²) in [7, 11) is 0. The zero-order valence-electron chi connectivity index (χ0n) is 11.5. The van der Waals surface area contributed by atoms with Crippen molar-refractivity contribution in [1.29, 1.82) is 0 Å². The Bertz CT molecular complexity index is 654. The fraction of sp³-hybridized carbons (Fsp3) is 0.125. The molecule has 108 valence electrons. The molecule has 0 saturated carbocycles. The summed E-state index contributed by atoms with van der Waals surface area (Å²) < 4.78 is 0.914. The van der Waals surface area contributed by atoms with Crippen LogP contribution in [0.5, 0.6) is 0 Å². The number of rotatable bonds is 4. The number of carbonyl (C=O) groups excluding carboxylic acids is 2. The Morgan fingerprint density at radius 3 is 2.38 bits per heavy atom. The lowest BCUT2D eigenvalue weighted by Gasteiger charge is -2.07. The van der Waals surface area contributed by atoms with Crippen LogP contribution >= 0.6 is 15.9 Å². The lowest BCUT2D eigenvalue weighted by atomic mass is 10.1. The van der Waals surface area contributed by atoms with Crippen molar-refractivity contribution in [2.24, 2.45) is 0 Å². The molecule has 2 rings (SSSR count). The van der Waals surface area contributed by atoms with Crippen molar-refractivity contribution in [1.82, 2.24) is 5.32 Å². The van der Waals surface area contributed by atoms with Gasteiger partial charge in [0.1, 0.15) is 0 Å². The average molecular weight is 347 g/mol. The van der Waals surface area contributed by atoms with Crippen LogP contribution in [0.25, 0.3) is 0 Å². The van der Waals surface area contributed by atoms with Crippen molar-refractivity contribution in [2.45, 2.75) is 6.92 Å². The van der Waals surface area contributed by atoms with E-state index in [4.69, 9.17) is 0 Å². The lowest BCUT2D eigenvalue weighted by molar-refractivity contribution is 0.0954. The first-order valence-corrected chi connectivity index (χ1v) is 7.34. The van der Waals surface area contributed by atoms with Gasteiger partial charge < -0.3 is 10.6 Å². The molecule has 2 N–H and O–H groups in total. The maximum Gasteiger partial charge on any atom is 0.255 e. The van der Waals surface area contributed by atoms with Gasteiger partial charge in [-0.25, -0.2) is 0 Å². The molecule has 5 heteroatoms. The van der Waals surface area contributed by atoms with E-state index in [2.05, 4.69) is 26.6 Å². The topological polar surface area (TPSA) is 58.2 Å². The number of hydrogen-bond acceptors (Lipinski definition) is 2. The highest BCUT2D eigenvalue weighted by Gasteiger charge is 2.08. The largest absolute Gasteiger partial charge is 0.352 e. The summed E-state index contributed by atoms with van der Waals surface area (Å²) >= 11 is 3.33. The molecule has 2 aromatic rings. The van der Waals surface area contributed by atoms with Gasteiger partial charge in [0, 0.05) is 27.8 Å². The van der Waals surface area contributed by atoms with Crippen molar-refractivity contribution >= 4 is 33.4 Å². The molecular weight excluding hydrogens is 332 g/mol. The minimum absolute atomic E-state index is 0.155. The Balaban J connectivity index is 2.12. The molecule has 2 amide bonds. The maximum atomic E-state index is 12.1. The van der Waals surface area contributed by atoms with E-state index in [-0.39, 0.29) is 11.8 Å². The Labute approximate surface area is 131 Å². The number of halogens is 1. The van der Waals surface area contributed by atoms with E-state index in [1.807, 2.05) is 6.92 Å². The van der Waals surface area contributed by atoms with E-state index >= 15 is 0 Å². The molecule has 0 fully saturated rings. The first kappa shape index (κ1) is 15.3. The number of benzene rings is 2. The zero-order chi connectivity index (χ0) is 15.2. The van der Waals surface area contributed by atoms with Gasteiger partial charge in [-0.2, -0.15) is 0 Å². The quantitative estimate of drug-likeness (QED) is 0.890. The monoisotopic (exact) mass is 346 g/mol. The summed E-state index contributed by atoms with van der Waals surface area (Å²) in [5, 5.41) is 5.50. The van der Waals surface area contributed by atoms with Gasteiger partial charge in [-0.15, -0.1) is 0 Å². The number of anilines is 1. The second-order valence-electron chi connectivity index (χ2n) is 4.40. The fourth-order valence-corrected chi connectivity index (χ4v) is 2.07. The van der Waals surface area contributed by atoms with E-state index in [0.29, 0.717) is 23.4 Å². The first-order chi connectivity index (χ1) is 10.1. The Kier molecular flexibility index (Phi) is 5.11. The second-order valence-corrected chi connectivity index (χ2v) is 5.32. The molecule has 0 heterocycles. The number of nitrogens with one attached hydrogen (secondary N) is 2. The van der Waals surface area contributed by atoms with Crippen LogP contribution in [0.2, 0.25) is 0 Å². The minimum atomic E-state index is -0.212. The summed E-state index contributed by atoms with van der Waals surface area (Å²) in [5.41, 5.74) is 1.67. The predicted octanol–water partition coefficient (Wildman–Crippen LogP) is 3.45. The van der Waals surface area contributed by atoms with Gasteiger partial charge in [-0.3, -0.25) is 9.59 Å². The molecule has 0 unspecified atom stereocenters. The molecule has 0 aromatic heterocycles. The third-order valence-electron chi connectivity index (χ3n) is 2.83. The van der Waals surface area contributed by atoms with Gasteiger partial charge >= 0.3 is 0 Å². The molecule has 0 spiro atoms. The van der Waals surface area contributed by atoms with Crippen LogP contribution in [0.3, 0.4) is 0 Å². The summed E-state index contributed by atoms with van der Waals surface area (Å²) in [6.07, 6.45) is 0. The third kappa shape index (κ3) is 4.16. The van der Waals surface area contributed by atoms with E-state index in [0.717, 1.165) is 4.47 Å². The maximum absolute atomic E-state index is 12.1. The molecule has 0 bridgehead atoms. The van der Waals surface area contributed by atoms with E-state index in [9.17, 15) is 9.59 Å². The normalized spacial score (nSPS) is 10.0. The van der Waals surface area contributed by atoms with Crippen molar-refractivity contribution in [3.8, 4) is 0 Å². The van der Waals surface area contributed by atoms with Gasteiger partial charge in [0.2, 0.25) is 0 Å². The molecule has 2 aromatic carbocycles. The molecule has 0 aliphatic rings. The molecule has 21 heavy (non-hydrogen) atoms. The fourth-order valence-electron chi connectivity index (χ4n) is 1.81. The molecule has 0 radical (unpaired) electrons. The van der Waals surface area contributed by atoms with Gasteiger partial charge in [0.05, 0.1) is 0 Å². The van der Waals surface area contributed by atoms with Gasteiger partial charge in [-0.05, 0) is 49.4 Å². The van der Waals surface area contributed by atoms with Gasteiger partial charge in [0.25, 0.3) is 11.8 Å². The molecule has 0 saturated heterocycles. The summed E-state index contributed by atoms with van der Waals surface area (Å²) in [6.45, 7) is 2.42. The van der Waals surface area contributed by atoms with Crippen molar-refractivity contribution in [3.63, 3.8) is 0 Å². The van der Waals surface area contributed by atoms with Crippen molar-refractivity contribution in [2.75, 3.05) is 11.9 Å². The standard InChI is InChI=1S/C16H15BrN2O2/c1-2-18-15(20)12-4-3-5-14(10-12)19-16(21)11-6-8-13(17)9-7-11/h3-10H,2H2,1H3,(H,18,20)(H,19,21). The Morgan fingerprint density at radius 1 is 1.00 bits per heavy atom. The second kappa shape index (κ2) is 7.04. The summed E-state index contributed by atoms with van der Waals surface area (Å²) in [5.74, 6) is -0.368. The Morgan fingerprint density at radius 2 is 1.71 bits per heavy atom. The number of amides is 2. The van der Waals surface area contributed by atoms with Crippen molar-refractivity contribution in [3.05, 3.63) is 64.1 Å². The van der Waals surface area contributed by atoms with Crippen molar-refractivity contribution < 1.29 is 9.59 Å². The smallest absolute Gasteiger partial charge is 0.255 e. The van der Waals surface area contributed by atoms with Gasteiger partial charge in [-0.1, -0.05) is 22.0 Å². The number of hydrogen-bond donors (Lipinski definition) is 2. The van der Waals surface area contributed by atoms with E-state index < -0.39 is 0 Å². The molecule has 0 aliphatic carbocycles. The van der Waals surface area contributed by atoms with Crippen LogP contribution in [0, 0.1) is 0 Å².